The van der Waals surface area contributed by atoms with Gasteiger partial charge in [0, 0.05) is 45.6 Å². The molecule has 1 saturated heterocycles. The minimum atomic E-state index is -5.08. The standard InChI is InChI=1S/C18H28N2O3.C2HF3O2/c1-14-16(11-18(21)19(2)3)13-23-9-8-20(14)12-15-6-5-7-17(10-15)22-4;3-2(4,5)1(6)7/h5-7,10,14,16H,8-9,11-13H2,1-4H3;(H,6,7)/t14-,16+;/m1./s1. The van der Waals surface area contributed by atoms with E-state index in [0.29, 0.717) is 25.7 Å². The second-order valence-corrected chi connectivity index (χ2v) is 7.19. The van der Waals surface area contributed by atoms with E-state index in [0.717, 1.165) is 18.8 Å². The third-order valence-corrected chi connectivity index (χ3v) is 4.81. The molecule has 1 aliphatic rings. The molecule has 1 aromatic rings. The lowest BCUT2D eigenvalue weighted by Gasteiger charge is -2.31. The van der Waals surface area contributed by atoms with Crippen LogP contribution in [-0.4, -0.2) is 80.0 Å². The van der Waals surface area contributed by atoms with Gasteiger partial charge in [0.2, 0.25) is 5.91 Å². The number of benzene rings is 1. The number of hydrogen-bond donors (Lipinski definition) is 1. The van der Waals surface area contributed by atoms with Crippen LogP contribution in [0.1, 0.15) is 18.9 Å². The minimum absolute atomic E-state index is 0.161. The summed E-state index contributed by atoms with van der Waals surface area (Å²) in [6, 6.07) is 8.45. The van der Waals surface area contributed by atoms with Gasteiger partial charge in [-0.25, -0.2) is 4.79 Å². The number of hydrogen-bond acceptors (Lipinski definition) is 5. The van der Waals surface area contributed by atoms with Crippen molar-refractivity contribution < 1.29 is 37.3 Å². The summed E-state index contributed by atoms with van der Waals surface area (Å²) in [5.74, 6) is -1.50. The van der Waals surface area contributed by atoms with Gasteiger partial charge in [-0.2, -0.15) is 13.2 Å². The smallest absolute Gasteiger partial charge is 0.490 e. The lowest BCUT2D eigenvalue weighted by Crippen LogP contribution is -2.40. The molecule has 1 aromatic carbocycles. The molecule has 2 atom stereocenters. The molecule has 0 aliphatic carbocycles. The van der Waals surface area contributed by atoms with Gasteiger partial charge in [0.1, 0.15) is 5.75 Å². The summed E-state index contributed by atoms with van der Waals surface area (Å²) in [7, 11) is 5.29. The third-order valence-electron chi connectivity index (χ3n) is 4.81. The monoisotopic (exact) mass is 434 g/mol. The Bertz CT molecular complexity index is 697. The van der Waals surface area contributed by atoms with Crippen molar-refractivity contribution in [2.24, 2.45) is 5.92 Å². The van der Waals surface area contributed by atoms with Gasteiger partial charge >= 0.3 is 12.1 Å². The number of methoxy groups -OCH3 is 1. The van der Waals surface area contributed by atoms with Crippen LogP contribution in [0.2, 0.25) is 0 Å². The molecule has 1 N–H and O–H groups in total. The number of amides is 1. The van der Waals surface area contributed by atoms with E-state index in [1.165, 1.54) is 5.56 Å². The van der Waals surface area contributed by atoms with Crippen LogP contribution in [0.4, 0.5) is 13.2 Å². The molecule has 1 amide bonds. The van der Waals surface area contributed by atoms with E-state index in [9.17, 15) is 18.0 Å². The average Bonchev–Trinajstić information content (AvgIpc) is 2.84. The highest BCUT2D eigenvalue weighted by molar-refractivity contribution is 5.75. The molecule has 0 spiro atoms. The number of rotatable bonds is 5. The first kappa shape index (κ1) is 25.7. The number of aliphatic carboxylic acids is 1. The highest BCUT2D eigenvalue weighted by Gasteiger charge is 2.38. The first-order valence-corrected chi connectivity index (χ1v) is 9.40. The van der Waals surface area contributed by atoms with Crippen molar-refractivity contribution in [3.63, 3.8) is 0 Å². The zero-order valence-corrected chi connectivity index (χ0v) is 17.6. The van der Waals surface area contributed by atoms with Gasteiger partial charge in [-0.05, 0) is 24.6 Å². The molecule has 0 bridgehead atoms. The van der Waals surface area contributed by atoms with Gasteiger partial charge in [0.05, 0.1) is 20.3 Å². The molecule has 30 heavy (non-hydrogen) atoms. The van der Waals surface area contributed by atoms with Gasteiger partial charge in [-0.1, -0.05) is 12.1 Å². The summed E-state index contributed by atoms with van der Waals surface area (Å²) in [5.41, 5.74) is 1.22. The van der Waals surface area contributed by atoms with Crippen molar-refractivity contribution >= 4 is 11.9 Å². The van der Waals surface area contributed by atoms with E-state index in [-0.39, 0.29) is 11.8 Å². The van der Waals surface area contributed by atoms with E-state index in [2.05, 4.69) is 24.0 Å². The number of ether oxygens (including phenoxy) is 2. The Hall–Kier alpha value is -2.33. The number of carboxylic acid groups (broad SMARTS) is 1. The number of nitrogens with zero attached hydrogens (tertiary/aromatic N) is 2. The van der Waals surface area contributed by atoms with Crippen LogP contribution in [0, 0.1) is 5.92 Å². The highest BCUT2D eigenvalue weighted by Crippen LogP contribution is 2.23. The Kier molecular flexibility index (Phi) is 10.1. The predicted octanol–water partition coefficient (Wildman–Crippen LogP) is 2.64. The number of carbonyl (C=O) groups is 2. The lowest BCUT2D eigenvalue weighted by atomic mass is 9.96. The van der Waals surface area contributed by atoms with Crippen LogP contribution >= 0.6 is 0 Å². The fourth-order valence-electron chi connectivity index (χ4n) is 2.92. The van der Waals surface area contributed by atoms with E-state index in [1.807, 2.05) is 12.1 Å². The van der Waals surface area contributed by atoms with E-state index >= 15 is 0 Å². The van der Waals surface area contributed by atoms with Crippen LogP contribution in [0.5, 0.6) is 5.75 Å². The van der Waals surface area contributed by atoms with Crippen molar-refractivity contribution in [3.05, 3.63) is 29.8 Å². The summed E-state index contributed by atoms with van der Waals surface area (Å²) < 4.78 is 42.8. The van der Waals surface area contributed by atoms with Gasteiger partial charge in [-0.15, -0.1) is 0 Å². The molecule has 0 radical (unpaired) electrons. The Morgan fingerprint density at radius 1 is 1.33 bits per heavy atom. The second-order valence-electron chi connectivity index (χ2n) is 7.19. The first-order chi connectivity index (χ1) is 14.0. The van der Waals surface area contributed by atoms with Crippen LogP contribution in [0.3, 0.4) is 0 Å². The predicted molar refractivity (Wildman–Crippen MR) is 104 cm³/mol. The first-order valence-electron chi connectivity index (χ1n) is 9.40. The fourth-order valence-corrected chi connectivity index (χ4v) is 2.92. The Morgan fingerprint density at radius 2 is 1.97 bits per heavy atom. The molecule has 1 fully saturated rings. The molecule has 0 unspecified atom stereocenters. The fraction of sp³-hybridized carbons (Fsp3) is 0.600. The lowest BCUT2D eigenvalue weighted by molar-refractivity contribution is -0.192. The number of halogens is 3. The molecule has 0 saturated carbocycles. The highest BCUT2D eigenvalue weighted by atomic mass is 19.4. The Labute approximate surface area is 174 Å². The maximum absolute atomic E-state index is 12.1. The summed E-state index contributed by atoms with van der Waals surface area (Å²) in [5, 5.41) is 7.12. The molecular formula is C20H29F3N2O5. The molecular weight excluding hydrogens is 405 g/mol. The largest absolute Gasteiger partial charge is 0.497 e. The van der Waals surface area contributed by atoms with Crippen LogP contribution < -0.4 is 4.74 Å². The van der Waals surface area contributed by atoms with Crippen LogP contribution in [0.15, 0.2) is 24.3 Å². The average molecular weight is 434 g/mol. The maximum atomic E-state index is 12.1. The van der Waals surface area contributed by atoms with Gasteiger partial charge in [0.25, 0.3) is 0 Å². The van der Waals surface area contributed by atoms with Crippen LogP contribution in [-0.2, 0) is 20.9 Å². The maximum Gasteiger partial charge on any atom is 0.490 e. The second kappa shape index (κ2) is 11.8. The SMILES string of the molecule is COc1cccc(CN2CCOC[C@H](CC(=O)N(C)C)[C@H]2C)c1.O=C(O)C(F)(F)F. The number of carbonyl (C=O) groups excluding carboxylic acids is 1. The van der Waals surface area contributed by atoms with E-state index in [4.69, 9.17) is 19.4 Å². The van der Waals surface area contributed by atoms with Crippen molar-refractivity contribution in [2.45, 2.75) is 32.1 Å². The molecule has 7 nitrogen and oxygen atoms in total. The summed E-state index contributed by atoms with van der Waals surface area (Å²) in [4.78, 5) is 25.0. The van der Waals surface area contributed by atoms with Gasteiger partial charge in [0.15, 0.2) is 0 Å². The van der Waals surface area contributed by atoms with E-state index < -0.39 is 12.1 Å². The van der Waals surface area contributed by atoms with E-state index in [1.54, 1.807) is 26.1 Å². The van der Waals surface area contributed by atoms with Crippen LogP contribution in [0.25, 0.3) is 0 Å². The topological polar surface area (TPSA) is 79.3 Å². The van der Waals surface area contributed by atoms with Crippen molar-refractivity contribution in [1.82, 2.24) is 9.80 Å². The molecule has 10 heteroatoms. The normalized spacial score (nSPS) is 19.8. The van der Waals surface area contributed by atoms with Crippen molar-refractivity contribution in [1.29, 1.82) is 0 Å². The molecule has 1 heterocycles. The molecule has 170 valence electrons. The van der Waals surface area contributed by atoms with Gasteiger partial charge in [-0.3, -0.25) is 9.69 Å². The Morgan fingerprint density at radius 3 is 2.50 bits per heavy atom. The molecule has 2 rings (SSSR count). The van der Waals surface area contributed by atoms with Gasteiger partial charge < -0.3 is 19.5 Å². The summed E-state index contributed by atoms with van der Waals surface area (Å²) in [6.45, 7) is 5.28. The zero-order valence-electron chi connectivity index (χ0n) is 17.6. The molecule has 0 aromatic heterocycles. The number of alkyl halides is 3. The molecule has 1 aliphatic heterocycles. The van der Waals surface area contributed by atoms with Crippen molar-refractivity contribution in [2.75, 3.05) is 41.0 Å². The summed E-state index contributed by atoms with van der Waals surface area (Å²) in [6.07, 6.45) is -4.55. The Balaban J connectivity index is 0.000000553. The minimum Gasteiger partial charge on any atom is -0.497 e. The van der Waals surface area contributed by atoms with Crippen molar-refractivity contribution in [3.8, 4) is 5.75 Å². The zero-order chi connectivity index (χ0) is 22.9. The quantitative estimate of drug-likeness (QED) is 0.768. The third kappa shape index (κ3) is 8.58. The number of carboxylic acids is 1. The summed E-state index contributed by atoms with van der Waals surface area (Å²) >= 11 is 0.